The van der Waals surface area contributed by atoms with Crippen LogP contribution in [0.25, 0.3) is 0 Å². The number of ether oxygens (including phenoxy) is 1. The molecule has 82 valence electrons. The second-order valence-corrected chi connectivity index (χ2v) is 3.67. The maximum absolute atomic E-state index is 5.79. The molecular formula is C11H10ClN3O. The topological polar surface area (TPSA) is 61.0 Å². The van der Waals surface area contributed by atoms with Crippen molar-refractivity contribution in [1.29, 1.82) is 0 Å². The molecule has 1 aromatic carbocycles. The minimum Gasteiger partial charge on any atom is -0.435 e. The maximum Gasteiger partial charge on any atom is 0.240 e. The molecule has 0 spiro atoms. The SMILES string of the molecule is Cc1nccnc1Oc1ccc(Cl)cc1N. The molecule has 0 amide bonds. The number of halogens is 1. The van der Waals surface area contributed by atoms with Crippen molar-refractivity contribution in [3.05, 3.63) is 41.3 Å². The van der Waals surface area contributed by atoms with E-state index in [4.69, 9.17) is 22.1 Å². The van der Waals surface area contributed by atoms with Crippen LogP contribution in [0.5, 0.6) is 11.6 Å². The molecule has 0 unspecified atom stereocenters. The first-order valence-electron chi connectivity index (χ1n) is 4.67. The molecule has 2 N–H and O–H groups in total. The molecule has 2 rings (SSSR count). The summed E-state index contributed by atoms with van der Waals surface area (Å²) in [6.45, 7) is 1.81. The molecule has 1 aromatic heterocycles. The Labute approximate surface area is 98.0 Å². The molecule has 0 aliphatic heterocycles. The third kappa shape index (κ3) is 2.23. The Morgan fingerprint density at radius 3 is 2.69 bits per heavy atom. The highest BCUT2D eigenvalue weighted by Gasteiger charge is 2.06. The average Bonchev–Trinajstić information content (AvgIpc) is 2.25. The van der Waals surface area contributed by atoms with Gasteiger partial charge < -0.3 is 10.5 Å². The molecule has 0 radical (unpaired) electrons. The number of hydrogen-bond acceptors (Lipinski definition) is 4. The second-order valence-electron chi connectivity index (χ2n) is 3.23. The number of nitrogen functional groups attached to an aromatic ring is 1. The summed E-state index contributed by atoms with van der Waals surface area (Å²) in [6, 6.07) is 5.04. The number of aryl methyl sites for hydroxylation is 1. The van der Waals surface area contributed by atoms with Crippen LogP contribution in [0.4, 0.5) is 5.69 Å². The van der Waals surface area contributed by atoms with Gasteiger partial charge in [0.25, 0.3) is 0 Å². The van der Waals surface area contributed by atoms with E-state index < -0.39 is 0 Å². The average molecular weight is 236 g/mol. The summed E-state index contributed by atoms with van der Waals surface area (Å²) in [5.74, 6) is 0.963. The lowest BCUT2D eigenvalue weighted by molar-refractivity contribution is 0.457. The zero-order chi connectivity index (χ0) is 11.5. The lowest BCUT2D eigenvalue weighted by Gasteiger charge is -2.08. The van der Waals surface area contributed by atoms with Crippen LogP contribution in [-0.2, 0) is 0 Å². The van der Waals surface area contributed by atoms with Gasteiger partial charge in [-0.25, -0.2) is 4.98 Å². The third-order valence-corrected chi connectivity index (χ3v) is 2.25. The number of anilines is 1. The standard InChI is InChI=1S/C11H10ClN3O/c1-7-11(15-5-4-14-7)16-10-3-2-8(12)6-9(10)13/h2-6H,13H2,1H3. The van der Waals surface area contributed by atoms with Gasteiger partial charge in [-0.3, -0.25) is 4.98 Å². The van der Waals surface area contributed by atoms with Gasteiger partial charge in [0.2, 0.25) is 5.88 Å². The van der Waals surface area contributed by atoms with E-state index in [1.807, 2.05) is 6.92 Å². The van der Waals surface area contributed by atoms with E-state index in [0.717, 1.165) is 0 Å². The van der Waals surface area contributed by atoms with E-state index in [1.165, 1.54) is 0 Å². The Balaban J connectivity index is 2.31. The predicted molar refractivity (Wildman–Crippen MR) is 62.7 cm³/mol. The van der Waals surface area contributed by atoms with Gasteiger partial charge in [0, 0.05) is 17.4 Å². The van der Waals surface area contributed by atoms with Gasteiger partial charge in [-0.2, -0.15) is 0 Å². The summed E-state index contributed by atoms with van der Waals surface area (Å²) in [6.07, 6.45) is 3.17. The molecule has 0 aliphatic carbocycles. The van der Waals surface area contributed by atoms with Crippen LogP contribution in [0.15, 0.2) is 30.6 Å². The second kappa shape index (κ2) is 4.37. The molecule has 5 heteroatoms. The highest BCUT2D eigenvalue weighted by atomic mass is 35.5. The fourth-order valence-corrected chi connectivity index (χ4v) is 1.39. The molecule has 0 saturated heterocycles. The summed E-state index contributed by atoms with van der Waals surface area (Å²) >= 11 is 5.79. The lowest BCUT2D eigenvalue weighted by Crippen LogP contribution is -1.96. The monoisotopic (exact) mass is 235 g/mol. The summed E-state index contributed by atoms with van der Waals surface area (Å²) < 4.78 is 5.54. The van der Waals surface area contributed by atoms with Gasteiger partial charge in [-0.15, -0.1) is 0 Å². The minimum atomic E-state index is 0.441. The quantitative estimate of drug-likeness (QED) is 0.813. The third-order valence-electron chi connectivity index (χ3n) is 2.01. The van der Waals surface area contributed by atoms with Crippen LogP contribution < -0.4 is 10.5 Å². The van der Waals surface area contributed by atoms with Gasteiger partial charge in [0.05, 0.1) is 11.4 Å². The van der Waals surface area contributed by atoms with Crippen LogP contribution in [-0.4, -0.2) is 9.97 Å². The number of hydrogen-bond donors (Lipinski definition) is 1. The fourth-order valence-electron chi connectivity index (χ4n) is 1.21. The molecule has 0 bridgehead atoms. The van der Waals surface area contributed by atoms with Crippen LogP contribution in [0, 0.1) is 6.92 Å². The molecule has 1 heterocycles. The Hall–Kier alpha value is -1.81. The van der Waals surface area contributed by atoms with E-state index in [2.05, 4.69) is 9.97 Å². The van der Waals surface area contributed by atoms with E-state index in [0.29, 0.717) is 28.0 Å². The number of rotatable bonds is 2. The molecule has 4 nitrogen and oxygen atoms in total. The first-order chi connectivity index (χ1) is 7.66. The molecule has 0 fully saturated rings. The van der Waals surface area contributed by atoms with E-state index in [1.54, 1.807) is 30.6 Å². The Bertz CT molecular complexity index is 516. The fraction of sp³-hybridized carbons (Fsp3) is 0.0909. The number of benzene rings is 1. The molecule has 2 aromatic rings. The van der Waals surface area contributed by atoms with Crippen molar-refractivity contribution in [2.24, 2.45) is 0 Å². The first-order valence-corrected chi connectivity index (χ1v) is 5.05. The van der Waals surface area contributed by atoms with Crippen molar-refractivity contribution < 1.29 is 4.74 Å². The number of nitrogens with two attached hydrogens (primary N) is 1. The van der Waals surface area contributed by atoms with Crippen LogP contribution >= 0.6 is 11.6 Å². The van der Waals surface area contributed by atoms with Crippen molar-refractivity contribution in [2.75, 3.05) is 5.73 Å². The zero-order valence-corrected chi connectivity index (χ0v) is 9.40. The van der Waals surface area contributed by atoms with Crippen molar-refractivity contribution in [3.63, 3.8) is 0 Å². The first kappa shape index (κ1) is 10.7. The normalized spacial score (nSPS) is 10.1. The van der Waals surface area contributed by atoms with Crippen LogP contribution in [0.3, 0.4) is 0 Å². The van der Waals surface area contributed by atoms with Crippen LogP contribution in [0.1, 0.15) is 5.69 Å². The van der Waals surface area contributed by atoms with E-state index in [-0.39, 0.29) is 0 Å². The van der Waals surface area contributed by atoms with Gasteiger partial charge >= 0.3 is 0 Å². The number of aromatic nitrogens is 2. The predicted octanol–water partition coefficient (Wildman–Crippen LogP) is 2.81. The number of nitrogens with zero attached hydrogens (tertiary/aromatic N) is 2. The molecule has 0 saturated carbocycles. The largest absolute Gasteiger partial charge is 0.435 e. The summed E-state index contributed by atoms with van der Waals surface area (Å²) in [5.41, 5.74) is 6.94. The lowest BCUT2D eigenvalue weighted by atomic mass is 10.3. The molecule has 16 heavy (non-hydrogen) atoms. The van der Waals surface area contributed by atoms with Gasteiger partial charge in [0.1, 0.15) is 0 Å². The van der Waals surface area contributed by atoms with Crippen molar-refractivity contribution in [1.82, 2.24) is 9.97 Å². The van der Waals surface area contributed by atoms with Crippen molar-refractivity contribution >= 4 is 17.3 Å². The van der Waals surface area contributed by atoms with E-state index in [9.17, 15) is 0 Å². The van der Waals surface area contributed by atoms with E-state index >= 15 is 0 Å². The van der Waals surface area contributed by atoms with Crippen molar-refractivity contribution in [2.45, 2.75) is 6.92 Å². The molecule has 0 atom stereocenters. The van der Waals surface area contributed by atoms with Crippen LogP contribution in [0.2, 0.25) is 5.02 Å². The Morgan fingerprint density at radius 2 is 2.00 bits per heavy atom. The zero-order valence-electron chi connectivity index (χ0n) is 8.64. The highest BCUT2D eigenvalue weighted by Crippen LogP contribution is 2.29. The highest BCUT2D eigenvalue weighted by molar-refractivity contribution is 6.30. The van der Waals surface area contributed by atoms with Crippen molar-refractivity contribution in [3.8, 4) is 11.6 Å². The minimum absolute atomic E-state index is 0.441. The molecule has 0 aliphatic rings. The maximum atomic E-state index is 5.79. The Kier molecular flexibility index (Phi) is 2.92. The van der Waals surface area contributed by atoms with Gasteiger partial charge in [-0.1, -0.05) is 11.6 Å². The summed E-state index contributed by atoms with van der Waals surface area (Å²) in [5, 5.41) is 0.570. The van der Waals surface area contributed by atoms with Gasteiger partial charge in [0.15, 0.2) is 5.75 Å². The summed E-state index contributed by atoms with van der Waals surface area (Å²) in [7, 11) is 0. The van der Waals surface area contributed by atoms with Gasteiger partial charge in [-0.05, 0) is 25.1 Å². The summed E-state index contributed by atoms with van der Waals surface area (Å²) in [4.78, 5) is 8.13. The smallest absolute Gasteiger partial charge is 0.240 e. The Morgan fingerprint density at radius 1 is 1.25 bits per heavy atom. The molecular weight excluding hydrogens is 226 g/mol.